The zero-order valence-corrected chi connectivity index (χ0v) is 13.5. The van der Waals surface area contributed by atoms with E-state index in [-0.39, 0.29) is 0 Å². The van der Waals surface area contributed by atoms with E-state index in [1.807, 2.05) is 20.0 Å². The summed E-state index contributed by atoms with van der Waals surface area (Å²) in [5.74, 6) is 1.80. The molecule has 0 unspecified atom stereocenters. The number of hydrogen-bond donors (Lipinski definition) is 1. The Labute approximate surface area is 129 Å². The third kappa shape index (κ3) is 2.89. The number of nitrogens with one attached hydrogen (secondary N) is 1. The summed E-state index contributed by atoms with van der Waals surface area (Å²) in [6.07, 6.45) is 0. The lowest BCUT2D eigenvalue weighted by atomic mass is 10.0. The average molecular weight is 310 g/mol. The van der Waals surface area contributed by atoms with E-state index in [2.05, 4.69) is 29.1 Å². The van der Waals surface area contributed by atoms with Crippen LogP contribution in [0.5, 0.6) is 0 Å². The minimum Gasteiger partial charge on any atom is -0.373 e. The van der Waals surface area contributed by atoms with Crippen LogP contribution in [-0.4, -0.2) is 17.0 Å². The molecule has 106 valence electrons. The van der Waals surface area contributed by atoms with Gasteiger partial charge in [0.25, 0.3) is 0 Å². The summed E-state index contributed by atoms with van der Waals surface area (Å²) in [6.45, 7) is 6.24. The van der Waals surface area contributed by atoms with Gasteiger partial charge in [0.2, 0.25) is 0 Å². The van der Waals surface area contributed by atoms with Crippen molar-refractivity contribution in [3.63, 3.8) is 0 Å². The number of rotatable bonds is 3. The predicted octanol–water partition coefficient (Wildman–Crippen LogP) is 4.92. The highest BCUT2D eigenvalue weighted by atomic mass is 35.5. The first kappa shape index (κ1) is 15.1. The molecule has 1 aromatic carbocycles. The Morgan fingerprint density at radius 1 is 1.15 bits per heavy atom. The van der Waals surface area contributed by atoms with E-state index in [9.17, 15) is 0 Å². The maximum atomic E-state index is 6.23. The molecule has 0 saturated carbocycles. The molecule has 1 N–H and O–H groups in total. The summed E-state index contributed by atoms with van der Waals surface area (Å²) in [5.41, 5.74) is 2.87. The normalized spacial score (nSPS) is 10.9. The van der Waals surface area contributed by atoms with Gasteiger partial charge < -0.3 is 5.32 Å². The Morgan fingerprint density at radius 2 is 1.85 bits per heavy atom. The van der Waals surface area contributed by atoms with Gasteiger partial charge in [-0.1, -0.05) is 37.0 Å². The van der Waals surface area contributed by atoms with Crippen molar-refractivity contribution in [2.45, 2.75) is 26.7 Å². The molecule has 0 bridgehead atoms. The molecular formula is C15H17Cl2N3. The number of aromatic nitrogens is 2. The number of aryl methyl sites for hydroxylation is 1. The second kappa shape index (κ2) is 5.98. The number of nitrogens with zero attached hydrogens (tertiary/aromatic N) is 2. The number of benzene rings is 1. The summed E-state index contributed by atoms with van der Waals surface area (Å²) < 4.78 is 0. The van der Waals surface area contributed by atoms with Crippen LogP contribution in [0.15, 0.2) is 18.2 Å². The number of halogens is 2. The van der Waals surface area contributed by atoms with E-state index in [0.717, 1.165) is 22.6 Å². The zero-order valence-electron chi connectivity index (χ0n) is 12.0. The zero-order chi connectivity index (χ0) is 14.9. The van der Waals surface area contributed by atoms with Crippen LogP contribution in [0.2, 0.25) is 10.0 Å². The van der Waals surface area contributed by atoms with Crippen LogP contribution < -0.4 is 5.32 Å². The third-order valence-corrected chi connectivity index (χ3v) is 3.67. The van der Waals surface area contributed by atoms with Crippen molar-refractivity contribution in [3.8, 4) is 11.4 Å². The molecule has 5 heteroatoms. The molecule has 0 amide bonds. The summed E-state index contributed by atoms with van der Waals surface area (Å²) in [5, 5.41) is 4.29. The van der Waals surface area contributed by atoms with Crippen molar-refractivity contribution in [2.24, 2.45) is 0 Å². The Balaban J connectivity index is 2.61. The molecule has 3 nitrogen and oxygen atoms in total. The SMILES string of the molecule is CNc1nc(-c2ccc(Cl)cc2Cl)nc(C)c1C(C)C. The van der Waals surface area contributed by atoms with E-state index in [4.69, 9.17) is 23.2 Å². The molecule has 0 aliphatic rings. The van der Waals surface area contributed by atoms with E-state index in [0.29, 0.717) is 21.8 Å². The molecule has 0 aliphatic heterocycles. The summed E-state index contributed by atoms with van der Waals surface area (Å²) >= 11 is 12.2. The van der Waals surface area contributed by atoms with Gasteiger partial charge >= 0.3 is 0 Å². The van der Waals surface area contributed by atoms with E-state index in [1.165, 1.54) is 0 Å². The molecule has 1 aromatic heterocycles. The van der Waals surface area contributed by atoms with Gasteiger partial charge in [-0.25, -0.2) is 9.97 Å². The summed E-state index contributed by atoms with van der Waals surface area (Å²) in [6, 6.07) is 5.33. The van der Waals surface area contributed by atoms with Gasteiger partial charge in [-0.05, 0) is 31.0 Å². The topological polar surface area (TPSA) is 37.8 Å². The van der Waals surface area contributed by atoms with Crippen molar-refractivity contribution in [2.75, 3.05) is 12.4 Å². The van der Waals surface area contributed by atoms with Crippen LogP contribution in [-0.2, 0) is 0 Å². The largest absolute Gasteiger partial charge is 0.373 e. The van der Waals surface area contributed by atoms with Crippen molar-refractivity contribution >= 4 is 29.0 Å². The smallest absolute Gasteiger partial charge is 0.163 e. The monoisotopic (exact) mass is 309 g/mol. The molecule has 2 aromatic rings. The second-order valence-corrected chi connectivity index (χ2v) is 5.77. The first-order valence-corrected chi connectivity index (χ1v) is 7.21. The van der Waals surface area contributed by atoms with Gasteiger partial charge in [-0.15, -0.1) is 0 Å². The maximum absolute atomic E-state index is 6.23. The average Bonchev–Trinajstić information content (AvgIpc) is 2.37. The summed E-state index contributed by atoms with van der Waals surface area (Å²) in [7, 11) is 1.86. The van der Waals surface area contributed by atoms with Crippen LogP contribution in [0.25, 0.3) is 11.4 Å². The molecule has 0 radical (unpaired) electrons. The van der Waals surface area contributed by atoms with Crippen molar-refractivity contribution in [1.82, 2.24) is 9.97 Å². The van der Waals surface area contributed by atoms with Gasteiger partial charge in [0.1, 0.15) is 5.82 Å². The number of anilines is 1. The lowest BCUT2D eigenvalue weighted by Crippen LogP contribution is -2.07. The highest BCUT2D eigenvalue weighted by molar-refractivity contribution is 6.36. The van der Waals surface area contributed by atoms with Crippen molar-refractivity contribution in [1.29, 1.82) is 0 Å². The first-order chi connectivity index (χ1) is 9.43. The van der Waals surface area contributed by atoms with Crippen LogP contribution in [0.4, 0.5) is 5.82 Å². The van der Waals surface area contributed by atoms with Crippen LogP contribution in [0.3, 0.4) is 0 Å². The molecule has 1 heterocycles. The third-order valence-electron chi connectivity index (χ3n) is 3.12. The lowest BCUT2D eigenvalue weighted by Gasteiger charge is -2.16. The van der Waals surface area contributed by atoms with Crippen molar-refractivity contribution < 1.29 is 0 Å². The molecule has 20 heavy (non-hydrogen) atoms. The highest BCUT2D eigenvalue weighted by Crippen LogP contribution is 2.32. The lowest BCUT2D eigenvalue weighted by molar-refractivity contribution is 0.834. The molecule has 0 spiro atoms. The standard InChI is InChI=1S/C15H17Cl2N3/c1-8(2)13-9(3)19-14(20-15(13)18-4)11-6-5-10(16)7-12(11)17/h5-8H,1-4H3,(H,18,19,20). The first-order valence-electron chi connectivity index (χ1n) is 6.45. The Hall–Kier alpha value is -1.32. The van der Waals surface area contributed by atoms with Crippen LogP contribution >= 0.6 is 23.2 Å². The second-order valence-electron chi connectivity index (χ2n) is 4.92. The Morgan fingerprint density at radius 3 is 2.40 bits per heavy atom. The predicted molar refractivity (Wildman–Crippen MR) is 85.9 cm³/mol. The Bertz CT molecular complexity index is 639. The highest BCUT2D eigenvalue weighted by Gasteiger charge is 2.16. The number of hydrogen-bond acceptors (Lipinski definition) is 3. The molecule has 0 aliphatic carbocycles. The van der Waals surface area contributed by atoms with E-state index < -0.39 is 0 Å². The van der Waals surface area contributed by atoms with E-state index in [1.54, 1.807) is 12.1 Å². The maximum Gasteiger partial charge on any atom is 0.163 e. The molecular weight excluding hydrogens is 293 g/mol. The molecule has 0 fully saturated rings. The van der Waals surface area contributed by atoms with Crippen LogP contribution in [0.1, 0.15) is 31.0 Å². The van der Waals surface area contributed by atoms with Gasteiger partial charge in [-0.3, -0.25) is 0 Å². The quantitative estimate of drug-likeness (QED) is 0.874. The van der Waals surface area contributed by atoms with E-state index >= 15 is 0 Å². The fourth-order valence-electron chi connectivity index (χ4n) is 2.25. The fraction of sp³-hybridized carbons (Fsp3) is 0.333. The van der Waals surface area contributed by atoms with Crippen molar-refractivity contribution in [3.05, 3.63) is 39.5 Å². The van der Waals surface area contributed by atoms with Crippen LogP contribution in [0, 0.1) is 6.92 Å². The van der Waals surface area contributed by atoms with Gasteiger partial charge in [0.15, 0.2) is 5.82 Å². The van der Waals surface area contributed by atoms with Gasteiger partial charge in [0, 0.05) is 28.9 Å². The minimum absolute atomic E-state index is 0.354. The Kier molecular flexibility index (Phi) is 4.51. The molecule has 0 atom stereocenters. The van der Waals surface area contributed by atoms with Gasteiger partial charge in [0.05, 0.1) is 5.02 Å². The molecule has 2 rings (SSSR count). The minimum atomic E-state index is 0.354. The summed E-state index contributed by atoms with van der Waals surface area (Å²) in [4.78, 5) is 9.17. The van der Waals surface area contributed by atoms with Gasteiger partial charge in [-0.2, -0.15) is 0 Å². The fourth-order valence-corrected chi connectivity index (χ4v) is 2.75. The molecule has 0 saturated heterocycles.